The molecular weight excluding hydrogens is 328 g/mol. The molecule has 0 fully saturated rings. The lowest BCUT2D eigenvalue weighted by molar-refractivity contribution is 0.289. The van der Waals surface area contributed by atoms with Gasteiger partial charge in [0.25, 0.3) is 0 Å². The van der Waals surface area contributed by atoms with Gasteiger partial charge in [-0.15, -0.1) is 0 Å². The molecule has 1 N–H and O–H groups in total. The smallest absolute Gasteiger partial charge is 0.173 e. The molecule has 0 saturated carbocycles. The van der Waals surface area contributed by atoms with Gasteiger partial charge in [-0.05, 0) is 88.0 Å². The molecule has 1 aromatic carbocycles. The second-order valence-corrected chi connectivity index (χ2v) is 7.07. The number of likely N-dealkylation sites (N-methyl/N-ethyl adjacent to an activating group) is 1. The molecule has 0 bridgehead atoms. The van der Waals surface area contributed by atoms with E-state index >= 15 is 0 Å². The number of pyridine rings is 1. The van der Waals surface area contributed by atoms with Crippen LogP contribution in [0.25, 0.3) is 0 Å². The zero-order chi connectivity index (χ0) is 18.4. The third-order valence-corrected chi connectivity index (χ3v) is 4.80. The first kappa shape index (κ1) is 19.3. The van der Waals surface area contributed by atoms with Crippen molar-refractivity contribution in [1.82, 2.24) is 14.8 Å². The Labute approximate surface area is 156 Å². The molecule has 25 heavy (non-hydrogen) atoms. The summed E-state index contributed by atoms with van der Waals surface area (Å²) in [5, 5.41) is 4.15. The van der Waals surface area contributed by atoms with Crippen molar-refractivity contribution in [3.63, 3.8) is 0 Å². The number of hydrogen-bond donors (Lipinski definition) is 1. The number of nitrogens with zero attached hydrogens (tertiary/aromatic N) is 3. The summed E-state index contributed by atoms with van der Waals surface area (Å²) in [6.45, 7) is 8.20. The fourth-order valence-electron chi connectivity index (χ4n) is 2.62. The molecule has 0 aliphatic rings. The van der Waals surface area contributed by atoms with Gasteiger partial charge in [-0.3, -0.25) is 4.98 Å². The Balaban J connectivity index is 2.18. The summed E-state index contributed by atoms with van der Waals surface area (Å²) in [4.78, 5) is 8.52. The molecule has 5 heteroatoms. The van der Waals surface area contributed by atoms with Crippen molar-refractivity contribution in [3.05, 3.63) is 59.4 Å². The predicted octanol–water partition coefficient (Wildman–Crippen LogP) is 4.02. The van der Waals surface area contributed by atoms with Crippen molar-refractivity contribution in [1.29, 1.82) is 0 Å². The van der Waals surface area contributed by atoms with E-state index in [1.165, 1.54) is 16.7 Å². The maximum atomic E-state index is 5.74. The molecule has 1 aromatic heterocycles. The van der Waals surface area contributed by atoms with Crippen LogP contribution in [-0.2, 0) is 0 Å². The van der Waals surface area contributed by atoms with E-state index in [0.717, 1.165) is 23.9 Å². The topological polar surface area (TPSA) is 31.4 Å². The van der Waals surface area contributed by atoms with Gasteiger partial charge in [0.1, 0.15) is 0 Å². The Kier molecular flexibility index (Phi) is 6.91. The molecule has 2 aromatic rings. The van der Waals surface area contributed by atoms with Crippen molar-refractivity contribution in [2.45, 2.75) is 26.8 Å². The van der Waals surface area contributed by atoms with E-state index in [1.54, 1.807) is 0 Å². The molecule has 0 aliphatic heterocycles. The van der Waals surface area contributed by atoms with E-state index in [9.17, 15) is 0 Å². The van der Waals surface area contributed by atoms with Crippen LogP contribution in [0.1, 0.15) is 29.7 Å². The minimum Gasteiger partial charge on any atom is -0.341 e. The van der Waals surface area contributed by atoms with Crippen LogP contribution >= 0.6 is 12.2 Å². The first-order chi connectivity index (χ1) is 11.9. The number of aryl methyl sites for hydroxylation is 2. The SMILES string of the molecule is Cc1ccc(NC(=S)N(CCN(C)C)C(C)c2ccncc2)cc1C. The van der Waals surface area contributed by atoms with Gasteiger partial charge in [0, 0.05) is 31.2 Å². The quantitative estimate of drug-likeness (QED) is 0.790. The van der Waals surface area contributed by atoms with Crippen LogP contribution in [0.2, 0.25) is 0 Å². The van der Waals surface area contributed by atoms with Gasteiger partial charge in [0.15, 0.2) is 5.11 Å². The molecule has 4 nitrogen and oxygen atoms in total. The summed E-state index contributed by atoms with van der Waals surface area (Å²) >= 11 is 5.74. The molecular formula is C20H28N4S. The molecule has 0 spiro atoms. The number of hydrogen-bond acceptors (Lipinski definition) is 3. The van der Waals surface area contributed by atoms with E-state index in [0.29, 0.717) is 0 Å². The fraction of sp³-hybridized carbons (Fsp3) is 0.400. The third-order valence-electron chi connectivity index (χ3n) is 4.46. The average molecular weight is 357 g/mol. The minimum atomic E-state index is 0.175. The van der Waals surface area contributed by atoms with Gasteiger partial charge >= 0.3 is 0 Å². The molecule has 134 valence electrons. The molecule has 2 rings (SSSR count). The third kappa shape index (κ3) is 5.51. The van der Waals surface area contributed by atoms with E-state index in [-0.39, 0.29) is 6.04 Å². The van der Waals surface area contributed by atoms with Crippen molar-refractivity contribution >= 4 is 23.0 Å². The first-order valence-electron chi connectivity index (χ1n) is 8.58. The Morgan fingerprint density at radius 1 is 1.08 bits per heavy atom. The van der Waals surface area contributed by atoms with Gasteiger partial charge in [-0.2, -0.15) is 0 Å². The van der Waals surface area contributed by atoms with E-state index in [1.807, 2.05) is 24.5 Å². The summed E-state index contributed by atoms with van der Waals surface area (Å²) in [5.74, 6) is 0. The zero-order valence-corrected chi connectivity index (χ0v) is 16.6. The van der Waals surface area contributed by atoms with Crippen molar-refractivity contribution in [3.8, 4) is 0 Å². The largest absolute Gasteiger partial charge is 0.341 e. The second-order valence-electron chi connectivity index (χ2n) is 6.68. The van der Waals surface area contributed by atoms with Crippen molar-refractivity contribution < 1.29 is 0 Å². The normalized spacial score (nSPS) is 12.1. The van der Waals surface area contributed by atoms with Crippen LogP contribution in [0.5, 0.6) is 0 Å². The Morgan fingerprint density at radius 2 is 1.76 bits per heavy atom. The highest BCUT2D eigenvalue weighted by atomic mass is 32.1. The van der Waals surface area contributed by atoms with Gasteiger partial charge in [0.05, 0.1) is 6.04 Å². The second kappa shape index (κ2) is 8.92. The molecule has 1 heterocycles. The minimum absolute atomic E-state index is 0.175. The number of rotatable bonds is 6. The number of aromatic nitrogens is 1. The lowest BCUT2D eigenvalue weighted by atomic mass is 10.1. The van der Waals surface area contributed by atoms with Gasteiger partial charge < -0.3 is 15.1 Å². The summed E-state index contributed by atoms with van der Waals surface area (Å²) in [6, 6.07) is 10.6. The molecule has 0 saturated heterocycles. The van der Waals surface area contributed by atoms with Crippen LogP contribution in [-0.4, -0.2) is 47.1 Å². The van der Waals surface area contributed by atoms with Gasteiger partial charge in [0.2, 0.25) is 0 Å². The monoisotopic (exact) mass is 356 g/mol. The Morgan fingerprint density at radius 3 is 2.36 bits per heavy atom. The number of anilines is 1. The predicted molar refractivity (Wildman–Crippen MR) is 110 cm³/mol. The Bertz CT molecular complexity index is 700. The van der Waals surface area contributed by atoms with Crippen LogP contribution in [0, 0.1) is 13.8 Å². The van der Waals surface area contributed by atoms with Crippen LogP contribution in [0.15, 0.2) is 42.7 Å². The van der Waals surface area contributed by atoms with Gasteiger partial charge in [-0.25, -0.2) is 0 Å². The maximum absolute atomic E-state index is 5.74. The highest BCUT2D eigenvalue weighted by molar-refractivity contribution is 7.80. The van der Waals surface area contributed by atoms with Crippen LogP contribution < -0.4 is 5.32 Å². The molecule has 1 unspecified atom stereocenters. The zero-order valence-electron chi connectivity index (χ0n) is 15.8. The van der Waals surface area contributed by atoms with Crippen molar-refractivity contribution in [2.24, 2.45) is 0 Å². The lowest BCUT2D eigenvalue weighted by Gasteiger charge is -2.33. The molecule has 1 atom stereocenters. The number of benzene rings is 1. The average Bonchev–Trinajstić information content (AvgIpc) is 2.58. The highest BCUT2D eigenvalue weighted by Crippen LogP contribution is 2.21. The van der Waals surface area contributed by atoms with Crippen molar-refractivity contribution in [2.75, 3.05) is 32.5 Å². The van der Waals surface area contributed by atoms with Crippen LogP contribution in [0.4, 0.5) is 5.69 Å². The lowest BCUT2D eigenvalue weighted by Crippen LogP contribution is -2.40. The summed E-state index contributed by atoms with van der Waals surface area (Å²) in [5.41, 5.74) is 4.78. The summed E-state index contributed by atoms with van der Waals surface area (Å²) in [7, 11) is 4.16. The summed E-state index contributed by atoms with van der Waals surface area (Å²) in [6.07, 6.45) is 3.66. The number of nitrogens with one attached hydrogen (secondary N) is 1. The van der Waals surface area contributed by atoms with Gasteiger partial charge in [-0.1, -0.05) is 6.07 Å². The maximum Gasteiger partial charge on any atom is 0.173 e. The number of thiocarbonyl (C=S) groups is 1. The first-order valence-corrected chi connectivity index (χ1v) is 8.99. The van der Waals surface area contributed by atoms with E-state index in [2.05, 4.69) is 73.2 Å². The molecule has 0 radical (unpaired) electrons. The highest BCUT2D eigenvalue weighted by Gasteiger charge is 2.19. The van der Waals surface area contributed by atoms with E-state index in [4.69, 9.17) is 12.2 Å². The standard InChI is InChI=1S/C20H28N4S/c1-15-6-7-19(14-16(15)2)22-20(25)24(13-12-23(4)5)17(3)18-8-10-21-11-9-18/h6-11,14,17H,12-13H2,1-5H3,(H,22,25). The Hall–Kier alpha value is -1.98. The fourth-order valence-corrected chi connectivity index (χ4v) is 2.98. The molecule has 0 aliphatic carbocycles. The van der Waals surface area contributed by atoms with E-state index < -0.39 is 0 Å². The molecule has 0 amide bonds. The summed E-state index contributed by atoms with van der Waals surface area (Å²) < 4.78 is 0. The van der Waals surface area contributed by atoms with Crippen LogP contribution in [0.3, 0.4) is 0 Å².